The van der Waals surface area contributed by atoms with Gasteiger partial charge in [-0.1, -0.05) is 0 Å². The molecule has 2 aromatic rings. The molecule has 146 valence electrons. The summed E-state index contributed by atoms with van der Waals surface area (Å²) in [5.74, 6) is 1.43. The van der Waals surface area contributed by atoms with Gasteiger partial charge in [-0.05, 0) is 18.6 Å². The van der Waals surface area contributed by atoms with Crippen molar-refractivity contribution in [3.63, 3.8) is 0 Å². The number of fused-ring (bicyclic) bond motifs is 1. The molecule has 1 spiro atoms. The number of aliphatic imine (C=N–C) groups is 1. The third kappa shape index (κ3) is 2.75. The summed E-state index contributed by atoms with van der Waals surface area (Å²) in [6.07, 6.45) is 5.32. The Kier molecular flexibility index (Phi) is 3.90. The predicted octanol–water partition coefficient (Wildman–Crippen LogP) is 2.11. The lowest BCUT2D eigenvalue weighted by Gasteiger charge is -2.37. The van der Waals surface area contributed by atoms with E-state index in [2.05, 4.69) is 10.4 Å². The fourth-order valence-electron chi connectivity index (χ4n) is 4.25. The molecule has 8 heteroatoms. The van der Waals surface area contributed by atoms with Crippen LogP contribution in [-0.4, -0.2) is 60.0 Å². The number of aryl methyl sites for hydroxylation is 1. The Bertz CT molecular complexity index is 976. The Balaban J connectivity index is 1.38. The monoisotopic (exact) mass is 381 g/mol. The summed E-state index contributed by atoms with van der Waals surface area (Å²) in [6, 6.07) is 3.85. The second kappa shape index (κ2) is 6.34. The van der Waals surface area contributed by atoms with Crippen LogP contribution in [0.2, 0.25) is 0 Å². The van der Waals surface area contributed by atoms with E-state index in [1.807, 2.05) is 36.5 Å². The Hall–Kier alpha value is -2.87. The van der Waals surface area contributed by atoms with E-state index >= 15 is 0 Å². The minimum Gasteiger partial charge on any atom is -0.496 e. The summed E-state index contributed by atoms with van der Waals surface area (Å²) in [7, 11) is 3.54. The van der Waals surface area contributed by atoms with Crippen molar-refractivity contribution in [2.75, 3.05) is 33.4 Å². The van der Waals surface area contributed by atoms with Crippen LogP contribution in [0.3, 0.4) is 0 Å². The first-order valence-electron chi connectivity index (χ1n) is 9.47. The first-order valence-corrected chi connectivity index (χ1v) is 9.47. The lowest BCUT2D eigenvalue weighted by molar-refractivity contribution is -0.103. The standard InChI is InChI=1S/C20H23N5O3/c1-24-9-13(8-21-24)14-3-4-16(27-2)15-7-17(22-18(14)15)23-19(26)25-6-5-20(10-25)11-28-12-20/h3-4,8-9H,5-7,10-12H2,1-2H3,(H,22,23,26). The van der Waals surface area contributed by atoms with Crippen molar-refractivity contribution >= 4 is 17.6 Å². The Morgan fingerprint density at radius 2 is 2.21 bits per heavy atom. The van der Waals surface area contributed by atoms with E-state index < -0.39 is 0 Å². The number of likely N-dealkylation sites (tertiary alicyclic amines) is 1. The van der Waals surface area contributed by atoms with Crippen LogP contribution < -0.4 is 10.1 Å². The van der Waals surface area contributed by atoms with Gasteiger partial charge in [-0.2, -0.15) is 5.10 Å². The molecule has 3 aliphatic rings. The molecule has 2 fully saturated rings. The lowest BCUT2D eigenvalue weighted by atomic mass is 9.85. The molecule has 8 nitrogen and oxygen atoms in total. The molecule has 3 aliphatic heterocycles. The molecular formula is C20H23N5O3. The van der Waals surface area contributed by atoms with Gasteiger partial charge >= 0.3 is 6.03 Å². The van der Waals surface area contributed by atoms with Crippen molar-refractivity contribution in [3.05, 3.63) is 30.1 Å². The van der Waals surface area contributed by atoms with E-state index in [1.165, 1.54) is 0 Å². The van der Waals surface area contributed by atoms with Gasteiger partial charge in [0.15, 0.2) is 0 Å². The molecule has 1 N–H and O–H groups in total. The molecule has 4 heterocycles. The number of hydrogen-bond donors (Lipinski definition) is 1. The molecule has 0 aliphatic carbocycles. The number of benzene rings is 1. The Morgan fingerprint density at radius 3 is 2.86 bits per heavy atom. The van der Waals surface area contributed by atoms with Crippen LogP contribution in [-0.2, 0) is 18.2 Å². The zero-order valence-corrected chi connectivity index (χ0v) is 16.1. The van der Waals surface area contributed by atoms with Crippen LogP contribution in [0.5, 0.6) is 5.75 Å². The molecule has 1 aromatic carbocycles. The maximum atomic E-state index is 12.7. The summed E-state index contributed by atoms with van der Waals surface area (Å²) in [5.41, 5.74) is 3.98. The molecule has 1 aromatic heterocycles. The summed E-state index contributed by atoms with van der Waals surface area (Å²) in [6.45, 7) is 3.03. The van der Waals surface area contributed by atoms with Crippen LogP contribution in [0.1, 0.15) is 12.0 Å². The minimum atomic E-state index is -0.0859. The van der Waals surface area contributed by atoms with Gasteiger partial charge in [-0.3, -0.25) is 10.00 Å². The second-order valence-corrected chi connectivity index (χ2v) is 7.88. The van der Waals surface area contributed by atoms with Gasteiger partial charge in [0.1, 0.15) is 11.6 Å². The highest BCUT2D eigenvalue weighted by atomic mass is 16.5. The van der Waals surface area contributed by atoms with Crippen molar-refractivity contribution in [2.45, 2.75) is 12.8 Å². The average Bonchev–Trinajstić information content (AvgIpc) is 3.37. The van der Waals surface area contributed by atoms with Crippen LogP contribution in [0.25, 0.3) is 11.1 Å². The van der Waals surface area contributed by atoms with Gasteiger partial charge in [-0.15, -0.1) is 0 Å². The number of urea groups is 1. The number of ether oxygens (including phenoxy) is 2. The molecule has 2 saturated heterocycles. The number of nitrogens with zero attached hydrogens (tertiary/aromatic N) is 4. The first-order chi connectivity index (χ1) is 13.6. The van der Waals surface area contributed by atoms with Gasteiger partial charge in [0.25, 0.3) is 0 Å². The van der Waals surface area contributed by atoms with E-state index in [4.69, 9.17) is 14.5 Å². The maximum Gasteiger partial charge on any atom is 0.322 e. The van der Waals surface area contributed by atoms with E-state index in [-0.39, 0.29) is 11.4 Å². The number of amides is 2. The number of carbonyl (C=O) groups excluding carboxylic acids is 1. The SMILES string of the molecule is COc1ccc(-c2cnn(C)c2)c2c1CC(NC(=O)N1CCC3(COC3)C1)=N2. The van der Waals surface area contributed by atoms with Crippen LogP contribution >= 0.6 is 0 Å². The predicted molar refractivity (Wildman–Crippen MR) is 104 cm³/mol. The fraction of sp³-hybridized carbons (Fsp3) is 0.450. The number of carbonyl (C=O) groups is 1. The van der Waals surface area contributed by atoms with Gasteiger partial charge in [0.2, 0.25) is 0 Å². The van der Waals surface area contributed by atoms with E-state index in [0.717, 1.165) is 60.9 Å². The summed E-state index contributed by atoms with van der Waals surface area (Å²) in [4.78, 5) is 19.4. The molecule has 0 radical (unpaired) electrons. The van der Waals surface area contributed by atoms with Crippen molar-refractivity contribution in [1.29, 1.82) is 0 Å². The normalized spacial score (nSPS) is 19.4. The zero-order valence-electron chi connectivity index (χ0n) is 16.1. The first kappa shape index (κ1) is 17.2. The van der Waals surface area contributed by atoms with Crippen LogP contribution in [0.15, 0.2) is 29.5 Å². The molecule has 0 bridgehead atoms. The van der Waals surface area contributed by atoms with Gasteiger partial charge in [0.05, 0.1) is 32.2 Å². The molecule has 0 atom stereocenters. The topological polar surface area (TPSA) is 81.0 Å². The average molecular weight is 381 g/mol. The largest absolute Gasteiger partial charge is 0.496 e. The second-order valence-electron chi connectivity index (χ2n) is 7.88. The highest BCUT2D eigenvalue weighted by Gasteiger charge is 2.45. The summed E-state index contributed by atoms with van der Waals surface area (Å²) < 4.78 is 12.6. The number of hydrogen-bond acceptors (Lipinski definition) is 5. The highest BCUT2D eigenvalue weighted by Crippen LogP contribution is 2.42. The van der Waals surface area contributed by atoms with Crippen LogP contribution in [0, 0.1) is 5.41 Å². The number of methoxy groups -OCH3 is 1. The van der Waals surface area contributed by atoms with E-state index in [1.54, 1.807) is 11.8 Å². The maximum absolute atomic E-state index is 12.7. The number of amidine groups is 1. The smallest absolute Gasteiger partial charge is 0.322 e. The van der Waals surface area contributed by atoms with Crippen molar-refractivity contribution < 1.29 is 14.3 Å². The number of aromatic nitrogens is 2. The molecular weight excluding hydrogens is 358 g/mol. The molecule has 2 amide bonds. The summed E-state index contributed by atoms with van der Waals surface area (Å²) in [5, 5.41) is 7.27. The van der Waals surface area contributed by atoms with E-state index in [9.17, 15) is 4.79 Å². The zero-order chi connectivity index (χ0) is 19.3. The van der Waals surface area contributed by atoms with Crippen molar-refractivity contribution in [3.8, 4) is 16.9 Å². The van der Waals surface area contributed by atoms with Gasteiger partial charge in [-0.25, -0.2) is 9.79 Å². The molecule has 28 heavy (non-hydrogen) atoms. The fourth-order valence-corrected chi connectivity index (χ4v) is 4.25. The summed E-state index contributed by atoms with van der Waals surface area (Å²) >= 11 is 0. The number of nitrogens with one attached hydrogen (secondary N) is 1. The van der Waals surface area contributed by atoms with Gasteiger partial charge < -0.3 is 14.4 Å². The third-order valence-electron chi connectivity index (χ3n) is 5.86. The third-order valence-corrected chi connectivity index (χ3v) is 5.86. The van der Waals surface area contributed by atoms with Crippen molar-refractivity contribution in [1.82, 2.24) is 20.0 Å². The Labute approximate surface area is 163 Å². The quantitative estimate of drug-likeness (QED) is 0.864. The number of rotatable bonds is 2. The van der Waals surface area contributed by atoms with Gasteiger partial charge in [0, 0.05) is 54.9 Å². The molecule has 0 unspecified atom stereocenters. The minimum absolute atomic E-state index is 0.0859. The molecule has 5 rings (SSSR count). The molecule has 0 saturated carbocycles. The van der Waals surface area contributed by atoms with Crippen LogP contribution in [0.4, 0.5) is 10.5 Å². The highest BCUT2D eigenvalue weighted by molar-refractivity contribution is 6.04. The lowest BCUT2D eigenvalue weighted by Crippen LogP contribution is -2.48. The Morgan fingerprint density at radius 1 is 1.36 bits per heavy atom. The van der Waals surface area contributed by atoms with Crippen molar-refractivity contribution in [2.24, 2.45) is 17.5 Å². The van der Waals surface area contributed by atoms with E-state index in [0.29, 0.717) is 12.3 Å².